The van der Waals surface area contributed by atoms with Crippen LogP contribution in [-0.2, 0) is 0 Å². The van der Waals surface area contributed by atoms with Gasteiger partial charge in [0.25, 0.3) is 5.71 Å². The van der Waals surface area contributed by atoms with Crippen LogP contribution < -0.4 is 5.32 Å². The van der Waals surface area contributed by atoms with Gasteiger partial charge in [0.15, 0.2) is 0 Å². The largest absolute Gasteiger partial charge is 0.362 e. The highest BCUT2D eigenvalue weighted by molar-refractivity contribution is 7.10. The third-order valence-corrected chi connectivity index (χ3v) is 4.21. The number of thiophene rings is 1. The molecule has 0 saturated heterocycles. The Morgan fingerprint density at radius 1 is 1.35 bits per heavy atom. The van der Waals surface area contributed by atoms with E-state index < -0.39 is 0 Å². The zero-order valence-electron chi connectivity index (χ0n) is 11.7. The minimum atomic E-state index is 0.238. The molecule has 0 radical (unpaired) electrons. The predicted molar refractivity (Wildman–Crippen MR) is 80.0 cm³/mol. The van der Waals surface area contributed by atoms with Gasteiger partial charge in [-0.15, -0.1) is 11.3 Å². The number of aromatic nitrogens is 3. The molecule has 6 heteroatoms. The third kappa shape index (κ3) is 2.27. The highest BCUT2D eigenvalue weighted by Crippen LogP contribution is 2.30. The first-order chi connectivity index (χ1) is 9.69. The minimum Gasteiger partial charge on any atom is -0.362 e. The molecule has 0 aromatic carbocycles. The van der Waals surface area contributed by atoms with Crippen LogP contribution in [-0.4, -0.2) is 15.1 Å². The predicted octanol–water partition coefficient (Wildman–Crippen LogP) is 3.86. The Balaban J connectivity index is 2.03. The highest BCUT2D eigenvalue weighted by atomic mass is 32.1. The molecule has 5 nitrogen and oxygen atoms in total. The van der Waals surface area contributed by atoms with E-state index in [-0.39, 0.29) is 6.04 Å². The molecule has 20 heavy (non-hydrogen) atoms. The Kier molecular flexibility index (Phi) is 3.40. The van der Waals surface area contributed by atoms with Crippen molar-refractivity contribution in [1.82, 2.24) is 15.1 Å². The minimum absolute atomic E-state index is 0.238. The van der Waals surface area contributed by atoms with Crippen molar-refractivity contribution >= 4 is 28.3 Å². The molecule has 0 amide bonds. The van der Waals surface area contributed by atoms with Crippen molar-refractivity contribution in [1.29, 1.82) is 0 Å². The molecule has 0 unspecified atom stereocenters. The van der Waals surface area contributed by atoms with Crippen molar-refractivity contribution in [3.63, 3.8) is 0 Å². The second-order valence-corrected chi connectivity index (χ2v) is 5.67. The van der Waals surface area contributed by atoms with E-state index in [1.807, 2.05) is 13.8 Å². The van der Waals surface area contributed by atoms with Gasteiger partial charge in [0.05, 0.1) is 11.7 Å². The fraction of sp³-hybridized carbons (Fsp3) is 0.357. The van der Waals surface area contributed by atoms with E-state index in [2.05, 4.69) is 44.9 Å². The van der Waals surface area contributed by atoms with Crippen molar-refractivity contribution in [3.05, 3.63) is 33.9 Å². The Morgan fingerprint density at radius 2 is 2.20 bits per heavy atom. The highest BCUT2D eigenvalue weighted by Gasteiger charge is 2.17. The number of anilines is 1. The molecule has 0 aliphatic carbocycles. The van der Waals surface area contributed by atoms with E-state index in [1.165, 1.54) is 4.88 Å². The van der Waals surface area contributed by atoms with Gasteiger partial charge in [0, 0.05) is 4.88 Å². The summed E-state index contributed by atoms with van der Waals surface area (Å²) in [6, 6.07) is 4.44. The average Bonchev–Trinajstić information content (AvgIpc) is 3.06. The summed E-state index contributed by atoms with van der Waals surface area (Å²) in [5.41, 5.74) is 1.35. The summed E-state index contributed by atoms with van der Waals surface area (Å²) in [6.45, 7) is 5.92. The van der Waals surface area contributed by atoms with Crippen LogP contribution in [0.1, 0.15) is 35.8 Å². The molecule has 0 fully saturated rings. The molecule has 0 aliphatic heterocycles. The van der Waals surface area contributed by atoms with Crippen LogP contribution in [0.4, 0.5) is 5.82 Å². The van der Waals surface area contributed by atoms with E-state index in [1.54, 1.807) is 11.3 Å². The zero-order valence-corrected chi connectivity index (χ0v) is 12.5. The molecule has 1 N–H and O–H groups in total. The molecule has 0 spiro atoms. The molecular weight excluding hydrogens is 272 g/mol. The first-order valence-electron chi connectivity index (χ1n) is 6.59. The first-order valence-corrected chi connectivity index (χ1v) is 7.47. The van der Waals surface area contributed by atoms with E-state index in [4.69, 9.17) is 4.52 Å². The summed E-state index contributed by atoms with van der Waals surface area (Å²) < 4.78 is 5.24. The lowest BCUT2D eigenvalue weighted by Crippen LogP contribution is -2.10. The second kappa shape index (κ2) is 5.20. The Labute approximate surface area is 121 Å². The fourth-order valence-corrected chi connectivity index (χ4v) is 3.09. The second-order valence-electron chi connectivity index (χ2n) is 4.69. The normalized spacial score (nSPS) is 12.8. The van der Waals surface area contributed by atoms with Gasteiger partial charge >= 0.3 is 0 Å². The quantitative estimate of drug-likeness (QED) is 0.789. The van der Waals surface area contributed by atoms with Crippen LogP contribution in [0.2, 0.25) is 0 Å². The van der Waals surface area contributed by atoms with Crippen molar-refractivity contribution in [2.75, 3.05) is 5.32 Å². The number of hydrogen-bond donors (Lipinski definition) is 1. The maximum absolute atomic E-state index is 5.24. The van der Waals surface area contributed by atoms with Crippen LogP contribution in [0.25, 0.3) is 11.1 Å². The molecule has 1 atom stereocenters. The van der Waals surface area contributed by atoms with Crippen LogP contribution in [0, 0.1) is 13.8 Å². The molecule has 0 saturated carbocycles. The van der Waals surface area contributed by atoms with Gasteiger partial charge in [-0.3, -0.25) is 0 Å². The molecule has 0 aliphatic rings. The average molecular weight is 288 g/mol. The first kappa shape index (κ1) is 13.1. The zero-order chi connectivity index (χ0) is 14.1. The summed E-state index contributed by atoms with van der Waals surface area (Å²) >= 11 is 1.75. The monoisotopic (exact) mass is 288 g/mol. The summed E-state index contributed by atoms with van der Waals surface area (Å²) in [5.74, 6) is 1.48. The molecule has 3 rings (SSSR count). The topological polar surface area (TPSA) is 63.8 Å². The maximum atomic E-state index is 5.24. The maximum Gasteiger partial charge on any atom is 0.263 e. The number of rotatable bonds is 4. The summed E-state index contributed by atoms with van der Waals surface area (Å²) in [7, 11) is 0. The number of hydrogen-bond acceptors (Lipinski definition) is 6. The molecule has 0 bridgehead atoms. The molecule has 104 valence electrons. The van der Waals surface area contributed by atoms with Crippen molar-refractivity contribution in [2.45, 2.75) is 33.2 Å². The summed E-state index contributed by atoms with van der Waals surface area (Å²) in [5, 5.41) is 10.4. The Bertz CT molecular complexity index is 720. The van der Waals surface area contributed by atoms with Gasteiger partial charge in [-0.2, -0.15) is 4.98 Å². The van der Waals surface area contributed by atoms with Gasteiger partial charge in [0.2, 0.25) is 0 Å². The van der Waals surface area contributed by atoms with Gasteiger partial charge in [-0.25, -0.2) is 4.98 Å². The Hall–Kier alpha value is -1.95. The standard InChI is InChI=1S/C14H16N4OS/c1-4-10(11-6-5-7-20-11)17-13-12-8(2)18-19-14(12)16-9(3)15-13/h5-7,10H,4H2,1-3H3,(H,15,16,17)/t10-/m1/s1. The number of fused-ring (bicyclic) bond motifs is 1. The van der Waals surface area contributed by atoms with Gasteiger partial charge in [-0.1, -0.05) is 18.1 Å². The summed E-state index contributed by atoms with van der Waals surface area (Å²) in [4.78, 5) is 10.1. The number of nitrogens with zero attached hydrogens (tertiary/aromatic N) is 3. The molecule has 3 aromatic rings. The smallest absolute Gasteiger partial charge is 0.263 e. The van der Waals surface area contributed by atoms with Crippen LogP contribution >= 0.6 is 11.3 Å². The van der Waals surface area contributed by atoms with E-state index in [9.17, 15) is 0 Å². The van der Waals surface area contributed by atoms with Crippen molar-refractivity contribution in [3.8, 4) is 0 Å². The van der Waals surface area contributed by atoms with Crippen LogP contribution in [0.15, 0.2) is 22.0 Å². The third-order valence-electron chi connectivity index (χ3n) is 3.22. The van der Waals surface area contributed by atoms with E-state index >= 15 is 0 Å². The summed E-state index contributed by atoms with van der Waals surface area (Å²) in [6.07, 6.45) is 0.982. The van der Waals surface area contributed by atoms with Crippen molar-refractivity contribution < 1.29 is 4.52 Å². The number of aryl methyl sites for hydroxylation is 2. The SMILES string of the molecule is CC[C@@H](Nc1nc(C)nc2onc(C)c12)c1cccs1. The molecule has 3 aromatic heterocycles. The Morgan fingerprint density at radius 3 is 2.90 bits per heavy atom. The molecule has 3 heterocycles. The van der Waals surface area contributed by atoms with E-state index in [0.29, 0.717) is 11.5 Å². The van der Waals surface area contributed by atoms with Gasteiger partial charge in [-0.05, 0) is 31.7 Å². The number of nitrogens with one attached hydrogen (secondary N) is 1. The van der Waals surface area contributed by atoms with Crippen LogP contribution in [0.3, 0.4) is 0 Å². The van der Waals surface area contributed by atoms with Crippen molar-refractivity contribution in [2.24, 2.45) is 0 Å². The van der Waals surface area contributed by atoms with Gasteiger partial charge < -0.3 is 9.84 Å². The van der Waals surface area contributed by atoms with Crippen LogP contribution in [0.5, 0.6) is 0 Å². The molecular formula is C14H16N4OS. The lowest BCUT2D eigenvalue weighted by Gasteiger charge is -2.16. The lowest BCUT2D eigenvalue weighted by molar-refractivity contribution is 0.442. The van der Waals surface area contributed by atoms with E-state index in [0.717, 1.165) is 23.3 Å². The lowest BCUT2D eigenvalue weighted by atomic mass is 10.2. The fourth-order valence-electron chi connectivity index (χ4n) is 2.23. The van der Waals surface area contributed by atoms with Gasteiger partial charge in [0.1, 0.15) is 17.0 Å².